The second-order valence-corrected chi connectivity index (χ2v) is 5.80. The van der Waals surface area contributed by atoms with Crippen molar-refractivity contribution in [1.82, 2.24) is 30.3 Å². The molecule has 2 N–H and O–H groups in total. The monoisotopic (exact) mass is 310 g/mol. The number of hydrogen-bond acceptors (Lipinski definition) is 4. The molecule has 0 saturated carbocycles. The summed E-state index contributed by atoms with van der Waals surface area (Å²) in [6.07, 6.45) is 4.47. The minimum atomic E-state index is -0.201. The summed E-state index contributed by atoms with van der Waals surface area (Å²) < 4.78 is 2.13. The molecular weight excluding hydrogens is 292 g/mol. The smallest absolute Gasteiger partial charge is 0.272 e. The van der Waals surface area contributed by atoms with E-state index in [1.54, 1.807) is 0 Å². The third kappa shape index (κ3) is 2.58. The highest BCUT2D eigenvalue weighted by Gasteiger charge is 2.17. The van der Waals surface area contributed by atoms with E-state index in [9.17, 15) is 4.79 Å². The maximum atomic E-state index is 12.4. The first-order valence-electron chi connectivity index (χ1n) is 7.95. The van der Waals surface area contributed by atoms with Gasteiger partial charge in [0.25, 0.3) is 5.91 Å². The molecule has 1 amide bonds. The van der Waals surface area contributed by atoms with Gasteiger partial charge < -0.3 is 9.88 Å². The second-order valence-electron chi connectivity index (χ2n) is 5.80. The van der Waals surface area contributed by atoms with Gasteiger partial charge in [0.15, 0.2) is 11.5 Å². The van der Waals surface area contributed by atoms with Gasteiger partial charge in [-0.2, -0.15) is 5.10 Å². The van der Waals surface area contributed by atoms with Crippen LogP contribution in [-0.4, -0.2) is 30.9 Å². The topological polar surface area (TPSA) is 88.5 Å². The molecule has 0 radical (unpaired) electrons. The van der Waals surface area contributed by atoms with Gasteiger partial charge in [0.05, 0.1) is 12.1 Å². The van der Waals surface area contributed by atoms with E-state index in [0.29, 0.717) is 12.2 Å². The number of para-hydroxylation sites is 1. The molecule has 3 aromatic rings. The molecular formula is C16H18N6O. The van der Waals surface area contributed by atoms with Gasteiger partial charge in [-0.15, -0.1) is 10.2 Å². The Morgan fingerprint density at radius 1 is 1.22 bits per heavy atom. The van der Waals surface area contributed by atoms with Crippen LogP contribution < -0.4 is 5.32 Å². The Hall–Kier alpha value is -2.70. The molecule has 2 aromatic heterocycles. The normalized spacial score (nSPS) is 14.4. The van der Waals surface area contributed by atoms with Crippen LogP contribution in [0.5, 0.6) is 0 Å². The maximum Gasteiger partial charge on any atom is 0.272 e. The number of fused-ring (bicyclic) bond motifs is 2. The molecule has 0 spiro atoms. The molecule has 0 fully saturated rings. The van der Waals surface area contributed by atoms with Crippen molar-refractivity contribution in [2.75, 3.05) is 0 Å². The third-order valence-electron chi connectivity index (χ3n) is 4.28. The van der Waals surface area contributed by atoms with Crippen molar-refractivity contribution >= 4 is 16.8 Å². The number of nitrogens with zero attached hydrogens (tertiary/aromatic N) is 4. The van der Waals surface area contributed by atoms with Gasteiger partial charge in [0.2, 0.25) is 0 Å². The summed E-state index contributed by atoms with van der Waals surface area (Å²) >= 11 is 0. The number of aromatic nitrogens is 5. The van der Waals surface area contributed by atoms with E-state index >= 15 is 0 Å². The Labute approximate surface area is 133 Å². The molecule has 118 valence electrons. The minimum absolute atomic E-state index is 0.201. The lowest BCUT2D eigenvalue weighted by Crippen LogP contribution is -2.25. The lowest BCUT2D eigenvalue weighted by Gasteiger charge is -2.07. The Bertz CT molecular complexity index is 849. The highest BCUT2D eigenvalue weighted by atomic mass is 16.1. The molecule has 0 saturated heterocycles. The summed E-state index contributed by atoms with van der Waals surface area (Å²) in [5.41, 5.74) is 1.27. The minimum Gasteiger partial charge on any atom is -0.343 e. The molecule has 1 aliphatic rings. The fourth-order valence-corrected chi connectivity index (χ4v) is 3.06. The van der Waals surface area contributed by atoms with Crippen LogP contribution in [0.15, 0.2) is 24.3 Å². The van der Waals surface area contributed by atoms with Crippen LogP contribution in [0.25, 0.3) is 10.9 Å². The predicted molar refractivity (Wildman–Crippen MR) is 84.8 cm³/mol. The van der Waals surface area contributed by atoms with Gasteiger partial charge in [-0.1, -0.05) is 24.6 Å². The van der Waals surface area contributed by atoms with E-state index < -0.39 is 0 Å². The Balaban J connectivity index is 1.51. The maximum absolute atomic E-state index is 12.4. The summed E-state index contributed by atoms with van der Waals surface area (Å²) in [6, 6.07) is 7.59. The van der Waals surface area contributed by atoms with Gasteiger partial charge >= 0.3 is 0 Å². The fourth-order valence-electron chi connectivity index (χ4n) is 3.06. The number of amides is 1. The van der Waals surface area contributed by atoms with Crippen molar-refractivity contribution < 1.29 is 4.79 Å². The number of carbonyl (C=O) groups is 1. The van der Waals surface area contributed by atoms with E-state index in [2.05, 4.69) is 30.3 Å². The molecule has 1 aromatic carbocycles. The lowest BCUT2D eigenvalue weighted by molar-refractivity contribution is 0.0946. The number of aromatic amines is 1. The van der Waals surface area contributed by atoms with E-state index in [1.807, 2.05) is 24.3 Å². The summed E-state index contributed by atoms with van der Waals surface area (Å²) in [5.74, 6) is 1.64. The average molecular weight is 310 g/mol. The summed E-state index contributed by atoms with van der Waals surface area (Å²) in [7, 11) is 0. The van der Waals surface area contributed by atoms with E-state index in [-0.39, 0.29) is 5.91 Å². The number of aryl methyl sites for hydroxylation is 1. The average Bonchev–Trinajstić information content (AvgIpc) is 3.10. The molecule has 7 nitrogen and oxygen atoms in total. The first-order chi connectivity index (χ1) is 11.3. The van der Waals surface area contributed by atoms with Crippen LogP contribution in [0.4, 0.5) is 0 Å². The largest absolute Gasteiger partial charge is 0.343 e. The van der Waals surface area contributed by atoms with Crippen LogP contribution in [-0.2, 0) is 19.5 Å². The van der Waals surface area contributed by atoms with Crippen molar-refractivity contribution in [3.05, 3.63) is 41.6 Å². The zero-order chi connectivity index (χ0) is 15.6. The van der Waals surface area contributed by atoms with Gasteiger partial charge in [-0.25, -0.2) is 0 Å². The van der Waals surface area contributed by atoms with E-state index in [0.717, 1.165) is 48.4 Å². The van der Waals surface area contributed by atoms with Gasteiger partial charge in [-0.3, -0.25) is 9.89 Å². The highest BCUT2D eigenvalue weighted by Crippen LogP contribution is 2.16. The molecule has 0 aliphatic carbocycles. The van der Waals surface area contributed by atoms with Gasteiger partial charge in [-0.05, 0) is 18.9 Å². The third-order valence-corrected chi connectivity index (χ3v) is 4.28. The number of carbonyl (C=O) groups excluding carboxylic acids is 1. The molecule has 0 unspecified atom stereocenters. The number of rotatable bonds is 3. The van der Waals surface area contributed by atoms with E-state index in [4.69, 9.17) is 0 Å². The summed E-state index contributed by atoms with van der Waals surface area (Å²) in [5, 5.41) is 19.2. The number of H-pyrrole nitrogens is 1. The number of hydrogen-bond donors (Lipinski definition) is 2. The summed E-state index contributed by atoms with van der Waals surface area (Å²) in [4.78, 5) is 12.4. The SMILES string of the molecule is O=C(NCc1nnc2n1CCCCC2)c1n[nH]c2ccccc12. The molecule has 7 heteroatoms. The molecule has 0 bridgehead atoms. The molecule has 1 aliphatic heterocycles. The fraction of sp³-hybridized carbons (Fsp3) is 0.375. The van der Waals surface area contributed by atoms with Crippen molar-refractivity contribution in [2.24, 2.45) is 0 Å². The zero-order valence-electron chi connectivity index (χ0n) is 12.7. The van der Waals surface area contributed by atoms with Crippen LogP contribution in [0.1, 0.15) is 41.4 Å². The molecule has 4 rings (SSSR count). The van der Waals surface area contributed by atoms with Crippen LogP contribution >= 0.6 is 0 Å². The number of benzene rings is 1. The Kier molecular flexibility index (Phi) is 3.53. The molecule has 0 atom stereocenters. The highest BCUT2D eigenvalue weighted by molar-refractivity contribution is 6.04. The second kappa shape index (κ2) is 5.83. The van der Waals surface area contributed by atoms with Crippen LogP contribution in [0.3, 0.4) is 0 Å². The van der Waals surface area contributed by atoms with Crippen molar-refractivity contribution in [1.29, 1.82) is 0 Å². The summed E-state index contributed by atoms with van der Waals surface area (Å²) in [6.45, 7) is 1.30. The Morgan fingerprint density at radius 2 is 2.13 bits per heavy atom. The zero-order valence-corrected chi connectivity index (χ0v) is 12.7. The standard InChI is InChI=1S/C16H18N6O/c23-16(15-11-6-3-4-7-12(11)18-21-15)17-10-14-20-19-13-8-2-1-5-9-22(13)14/h3-4,6-7H,1-2,5,8-10H2,(H,17,23)(H,18,21). The Morgan fingerprint density at radius 3 is 3.09 bits per heavy atom. The first kappa shape index (κ1) is 13.9. The quantitative estimate of drug-likeness (QED) is 0.772. The van der Waals surface area contributed by atoms with Crippen molar-refractivity contribution in [3.8, 4) is 0 Å². The van der Waals surface area contributed by atoms with Crippen LogP contribution in [0.2, 0.25) is 0 Å². The van der Waals surface area contributed by atoms with Crippen LogP contribution in [0, 0.1) is 0 Å². The van der Waals surface area contributed by atoms with E-state index in [1.165, 1.54) is 6.42 Å². The lowest BCUT2D eigenvalue weighted by atomic mass is 10.2. The van der Waals surface area contributed by atoms with Gasteiger partial charge in [0.1, 0.15) is 5.82 Å². The molecule has 23 heavy (non-hydrogen) atoms. The van der Waals surface area contributed by atoms with Crippen molar-refractivity contribution in [3.63, 3.8) is 0 Å². The number of nitrogens with one attached hydrogen (secondary N) is 2. The van der Waals surface area contributed by atoms with Gasteiger partial charge in [0, 0.05) is 18.4 Å². The first-order valence-corrected chi connectivity index (χ1v) is 7.95. The predicted octanol–water partition coefficient (Wildman–Crippen LogP) is 1.81. The van der Waals surface area contributed by atoms with Crippen molar-refractivity contribution in [2.45, 2.75) is 38.8 Å². The molecule has 3 heterocycles.